The Kier molecular flexibility index (Phi) is 9.40. The van der Waals surface area contributed by atoms with Crippen LogP contribution in [0.2, 0.25) is 0 Å². The zero-order valence-electron chi connectivity index (χ0n) is 17.7. The van der Waals surface area contributed by atoms with Crippen molar-refractivity contribution in [3.8, 4) is 5.75 Å². The second-order valence-corrected chi connectivity index (χ2v) is 7.81. The molecule has 2 N–H and O–H groups in total. The summed E-state index contributed by atoms with van der Waals surface area (Å²) in [6.07, 6.45) is 4.41. The minimum absolute atomic E-state index is 0.188. The number of hydrogen-bond donors (Lipinski definition) is 2. The highest BCUT2D eigenvalue weighted by Crippen LogP contribution is 2.27. The van der Waals surface area contributed by atoms with Crippen LogP contribution >= 0.6 is 11.6 Å². The molecule has 0 spiro atoms. The van der Waals surface area contributed by atoms with Crippen LogP contribution in [0.4, 0.5) is 0 Å². The van der Waals surface area contributed by atoms with E-state index in [0.29, 0.717) is 24.8 Å². The van der Waals surface area contributed by atoms with Gasteiger partial charge in [-0.1, -0.05) is 42.3 Å². The Labute approximate surface area is 182 Å². The summed E-state index contributed by atoms with van der Waals surface area (Å²) in [6, 6.07) is 7.02. The zero-order chi connectivity index (χ0) is 22.1. The molecule has 1 aromatic rings. The normalized spacial score (nSPS) is 18.1. The largest absolute Gasteiger partial charge is 0.481 e. The number of benzene rings is 1. The number of carbonyl (C=O) groups excluding carboxylic acids is 1. The number of nitrogens with one attached hydrogen (secondary N) is 1. The predicted octanol–water partition coefficient (Wildman–Crippen LogP) is 4.08. The molecule has 0 fully saturated rings. The van der Waals surface area contributed by atoms with Crippen LogP contribution in [0.3, 0.4) is 0 Å². The van der Waals surface area contributed by atoms with E-state index in [9.17, 15) is 14.7 Å². The monoisotopic (exact) mass is 435 g/mol. The highest BCUT2D eigenvalue weighted by atomic mass is 35.5. The molecule has 2 rings (SSSR count). The third-order valence-corrected chi connectivity index (χ3v) is 5.27. The number of carboxylic acids is 1. The van der Waals surface area contributed by atoms with Gasteiger partial charge in [0.25, 0.3) is 5.91 Å². The van der Waals surface area contributed by atoms with Gasteiger partial charge in [-0.3, -0.25) is 4.79 Å². The molecule has 0 bridgehead atoms. The Morgan fingerprint density at radius 3 is 2.63 bits per heavy atom. The second kappa shape index (κ2) is 11.8. The first-order chi connectivity index (χ1) is 14.3. The van der Waals surface area contributed by atoms with Crippen LogP contribution in [-0.2, 0) is 20.7 Å². The average Bonchev–Trinajstić information content (AvgIpc) is 2.71. The van der Waals surface area contributed by atoms with Crippen molar-refractivity contribution in [1.29, 1.82) is 0 Å². The molecule has 0 saturated heterocycles. The van der Waals surface area contributed by atoms with Gasteiger partial charge in [-0.15, -0.1) is 0 Å². The molecule has 0 heterocycles. The average molecular weight is 436 g/mol. The van der Waals surface area contributed by atoms with E-state index in [1.54, 1.807) is 38.1 Å². The van der Waals surface area contributed by atoms with Gasteiger partial charge in [-0.2, -0.15) is 0 Å². The first-order valence-electron chi connectivity index (χ1n) is 10.2. The smallest absolute Gasteiger partial charge is 0.333 e. The van der Waals surface area contributed by atoms with Crippen molar-refractivity contribution in [1.82, 2.24) is 5.32 Å². The van der Waals surface area contributed by atoms with Gasteiger partial charge in [0.15, 0.2) is 12.2 Å². The fraction of sp³-hybridized carbons (Fsp3) is 0.478. The highest BCUT2D eigenvalue weighted by molar-refractivity contribution is 6.31. The zero-order valence-corrected chi connectivity index (χ0v) is 18.4. The molecular formula is C23H30ClNO5. The number of hydrogen-bond acceptors (Lipinski definition) is 4. The van der Waals surface area contributed by atoms with E-state index >= 15 is 0 Å². The van der Waals surface area contributed by atoms with Crippen molar-refractivity contribution in [3.63, 3.8) is 0 Å². The van der Waals surface area contributed by atoms with Gasteiger partial charge in [0, 0.05) is 24.6 Å². The summed E-state index contributed by atoms with van der Waals surface area (Å²) in [5.41, 5.74) is 2.06. The molecule has 164 valence electrons. The summed E-state index contributed by atoms with van der Waals surface area (Å²) in [4.78, 5) is 23.5. The summed E-state index contributed by atoms with van der Waals surface area (Å²) in [6.45, 7) is 6.47. The van der Waals surface area contributed by atoms with Crippen LogP contribution in [0.5, 0.6) is 5.75 Å². The Hall–Kier alpha value is -2.31. The SMILES string of the molecule is CCO[C@@H](Cc1ccc(OC(C)C(=O)NCCC2=CC(Cl)=CCC2C)cc1)C(=O)O. The number of aliphatic carboxylic acids is 1. The van der Waals surface area contributed by atoms with E-state index in [4.69, 9.17) is 21.1 Å². The molecular weight excluding hydrogens is 406 g/mol. The van der Waals surface area contributed by atoms with Crippen molar-refractivity contribution in [2.45, 2.75) is 52.2 Å². The first kappa shape index (κ1) is 24.0. The summed E-state index contributed by atoms with van der Waals surface area (Å²) in [5, 5.41) is 12.8. The molecule has 1 aliphatic carbocycles. The lowest BCUT2D eigenvalue weighted by molar-refractivity contribution is -0.150. The van der Waals surface area contributed by atoms with E-state index in [2.05, 4.69) is 12.2 Å². The molecule has 6 nitrogen and oxygen atoms in total. The number of amides is 1. The fourth-order valence-electron chi connectivity index (χ4n) is 3.21. The Bertz CT molecular complexity index is 787. The Morgan fingerprint density at radius 1 is 1.30 bits per heavy atom. The van der Waals surface area contributed by atoms with Crippen LogP contribution in [0.15, 0.2) is 47.0 Å². The van der Waals surface area contributed by atoms with E-state index in [1.165, 1.54) is 5.57 Å². The minimum Gasteiger partial charge on any atom is -0.481 e. The van der Waals surface area contributed by atoms with Gasteiger partial charge >= 0.3 is 5.97 Å². The molecule has 30 heavy (non-hydrogen) atoms. The molecule has 0 aromatic heterocycles. The molecule has 0 radical (unpaired) electrons. The first-order valence-corrected chi connectivity index (χ1v) is 10.6. The summed E-state index contributed by atoms with van der Waals surface area (Å²) in [5.74, 6) is -0.198. The molecule has 1 aromatic carbocycles. The van der Waals surface area contributed by atoms with E-state index < -0.39 is 18.2 Å². The molecule has 2 unspecified atom stereocenters. The van der Waals surface area contributed by atoms with Gasteiger partial charge in [0.05, 0.1) is 0 Å². The van der Waals surface area contributed by atoms with Crippen molar-refractivity contribution < 1.29 is 24.2 Å². The van der Waals surface area contributed by atoms with Crippen LogP contribution in [0, 0.1) is 5.92 Å². The van der Waals surface area contributed by atoms with Crippen molar-refractivity contribution in [3.05, 3.63) is 52.6 Å². The number of allylic oxidation sites excluding steroid dienone is 3. The third kappa shape index (κ3) is 7.50. The lowest BCUT2D eigenvalue weighted by atomic mass is 9.91. The maximum absolute atomic E-state index is 12.3. The number of halogens is 1. The van der Waals surface area contributed by atoms with Gasteiger partial charge < -0.3 is 19.9 Å². The van der Waals surface area contributed by atoms with Crippen molar-refractivity contribution in [2.75, 3.05) is 13.2 Å². The van der Waals surface area contributed by atoms with Crippen LogP contribution in [0.1, 0.15) is 39.2 Å². The maximum Gasteiger partial charge on any atom is 0.333 e. The van der Waals surface area contributed by atoms with E-state index in [1.807, 2.05) is 12.2 Å². The predicted molar refractivity (Wildman–Crippen MR) is 117 cm³/mol. The third-order valence-electron chi connectivity index (χ3n) is 5.01. The Morgan fingerprint density at radius 2 is 2.00 bits per heavy atom. The molecule has 0 aliphatic heterocycles. The standard InChI is InChI=1S/C23H30ClNO5/c1-4-29-21(23(27)28)13-17-6-9-20(10-7-17)30-16(3)22(26)25-12-11-18-14-19(24)8-5-15(18)2/h6-10,14-16,21H,4-5,11-13H2,1-3H3,(H,25,26)(H,27,28)/t15?,16?,21-/m0/s1. The lowest BCUT2D eigenvalue weighted by Crippen LogP contribution is -2.37. The summed E-state index contributed by atoms with van der Waals surface area (Å²) < 4.78 is 10.9. The van der Waals surface area contributed by atoms with Gasteiger partial charge in [0.1, 0.15) is 5.75 Å². The van der Waals surface area contributed by atoms with E-state index in [0.717, 1.165) is 23.4 Å². The molecule has 7 heteroatoms. The molecule has 1 aliphatic rings. The van der Waals surface area contributed by atoms with Gasteiger partial charge in [-0.25, -0.2) is 4.79 Å². The number of carbonyl (C=O) groups is 2. The lowest BCUT2D eigenvalue weighted by Gasteiger charge is -2.20. The number of ether oxygens (including phenoxy) is 2. The van der Waals surface area contributed by atoms with Gasteiger partial charge in [0.2, 0.25) is 0 Å². The minimum atomic E-state index is -0.987. The second-order valence-electron chi connectivity index (χ2n) is 7.38. The van der Waals surface area contributed by atoms with Crippen molar-refractivity contribution in [2.24, 2.45) is 5.92 Å². The Balaban J connectivity index is 1.80. The van der Waals surface area contributed by atoms with Gasteiger partial charge in [-0.05, 0) is 56.4 Å². The quantitative estimate of drug-likeness (QED) is 0.547. The highest BCUT2D eigenvalue weighted by Gasteiger charge is 2.19. The van der Waals surface area contributed by atoms with Crippen LogP contribution in [0.25, 0.3) is 0 Å². The molecule has 3 atom stereocenters. The number of rotatable bonds is 11. The summed E-state index contributed by atoms with van der Waals surface area (Å²) in [7, 11) is 0. The maximum atomic E-state index is 12.3. The number of carboxylic acid groups (broad SMARTS) is 1. The van der Waals surface area contributed by atoms with E-state index in [-0.39, 0.29) is 12.3 Å². The topological polar surface area (TPSA) is 84.9 Å². The fourth-order valence-corrected chi connectivity index (χ4v) is 3.44. The van der Waals surface area contributed by atoms with Crippen molar-refractivity contribution >= 4 is 23.5 Å². The van der Waals surface area contributed by atoms with Crippen LogP contribution < -0.4 is 10.1 Å². The van der Waals surface area contributed by atoms with Crippen LogP contribution in [-0.4, -0.2) is 42.3 Å². The molecule has 1 amide bonds. The molecule has 0 saturated carbocycles. The summed E-state index contributed by atoms with van der Waals surface area (Å²) >= 11 is 6.07.